The lowest BCUT2D eigenvalue weighted by Crippen LogP contribution is -2.45. The second-order valence-corrected chi connectivity index (χ2v) is 4.16. The largest absolute Gasteiger partial charge is 0.381 e. The van der Waals surface area contributed by atoms with E-state index in [2.05, 4.69) is 16.3 Å². The topological polar surface area (TPSA) is 35.5 Å². The van der Waals surface area contributed by atoms with E-state index in [1.165, 1.54) is 0 Å². The van der Waals surface area contributed by atoms with Crippen molar-refractivity contribution in [3.8, 4) is 0 Å². The van der Waals surface area contributed by atoms with Crippen molar-refractivity contribution in [1.29, 1.82) is 0 Å². The lowest BCUT2D eigenvalue weighted by Gasteiger charge is -2.26. The average Bonchev–Trinajstić information content (AvgIpc) is 2.67. The predicted molar refractivity (Wildman–Crippen MR) is 55.1 cm³/mol. The van der Waals surface area contributed by atoms with Gasteiger partial charge in [0.05, 0.1) is 0 Å². The summed E-state index contributed by atoms with van der Waals surface area (Å²) in [5, 5.41) is 13.9. The summed E-state index contributed by atoms with van der Waals surface area (Å²) in [4.78, 5) is 2.13. The Balaban J connectivity index is 2.21. The highest BCUT2D eigenvalue weighted by molar-refractivity contribution is 5.63. The fourth-order valence-electron chi connectivity index (χ4n) is 2.73. The first kappa shape index (κ1) is 8.26. The SMILES string of the molecule is CN1c2ccccc2[C@]2(O)CCN[C@H]12. The summed E-state index contributed by atoms with van der Waals surface area (Å²) in [6, 6.07) is 8.09. The average molecular weight is 190 g/mol. The molecule has 0 aliphatic carbocycles. The Hall–Kier alpha value is -1.06. The lowest BCUT2D eigenvalue weighted by atomic mass is 9.93. The Labute approximate surface area is 83.3 Å². The molecule has 2 N–H and O–H groups in total. The fourth-order valence-corrected chi connectivity index (χ4v) is 2.73. The third-order valence-electron chi connectivity index (χ3n) is 3.43. The number of para-hydroxylation sites is 1. The zero-order chi connectivity index (χ0) is 9.76. The van der Waals surface area contributed by atoms with Crippen molar-refractivity contribution in [3.05, 3.63) is 29.8 Å². The molecule has 2 heterocycles. The number of nitrogens with one attached hydrogen (secondary N) is 1. The Morgan fingerprint density at radius 2 is 2.29 bits per heavy atom. The summed E-state index contributed by atoms with van der Waals surface area (Å²) in [7, 11) is 2.03. The highest BCUT2D eigenvalue weighted by Crippen LogP contribution is 2.45. The quantitative estimate of drug-likeness (QED) is 0.630. The van der Waals surface area contributed by atoms with E-state index in [0.717, 1.165) is 24.2 Å². The molecule has 0 bridgehead atoms. The van der Waals surface area contributed by atoms with E-state index in [1.807, 2.05) is 25.2 Å². The van der Waals surface area contributed by atoms with Gasteiger partial charge in [0.15, 0.2) is 0 Å². The minimum atomic E-state index is -0.675. The van der Waals surface area contributed by atoms with Crippen LogP contribution in [-0.4, -0.2) is 24.9 Å². The van der Waals surface area contributed by atoms with Gasteiger partial charge in [-0.2, -0.15) is 0 Å². The van der Waals surface area contributed by atoms with E-state index in [1.54, 1.807) is 0 Å². The molecule has 1 saturated heterocycles. The van der Waals surface area contributed by atoms with Crippen LogP contribution in [-0.2, 0) is 5.60 Å². The summed E-state index contributed by atoms with van der Waals surface area (Å²) in [6.07, 6.45) is 0.860. The number of hydrogen-bond donors (Lipinski definition) is 2. The number of anilines is 1. The number of likely N-dealkylation sites (N-methyl/N-ethyl adjacent to an activating group) is 1. The minimum absolute atomic E-state index is 0.0555. The van der Waals surface area contributed by atoms with Crippen molar-refractivity contribution in [1.82, 2.24) is 5.32 Å². The van der Waals surface area contributed by atoms with Gasteiger partial charge in [0.1, 0.15) is 11.8 Å². The Morgan fingerprint density at radius 3 is 3.14 bits per heavy atom. The maximum atomic E-state index is 10.5. The van der Waals surface area contributed by atoms with Crippen LogP contribution in [0.5, 0.6) is 0 Å². The van der Waals surface area contributed by atoms with Crippen molar-refractivity contribution in [2.45, 2.75) is 18.2 Å². The fraction of sp³-hybridized carbons (Fsp3) is 0.455. The maximum Gasteiger partial charge on any atom is 0.126 e. The van der Waals surface area contributed by atoms with E-state index in [9.17, 15) is 5.11 Å². The second kappa shape index (κ2) is 2.49. The molecule has 0 aromatic heterocycles. The molecule has 0 radical (unpaired) electrons. The van der Waals surface area contributed by atoms with E-state index in [4.69, 9.17) is 0 Å². The van der Waals surface area contributed by atoms with Gasteiger partial charge in [-0.1, -0.05) is 18.2 Å². The van der Waals surface area contributed by atoms with Crippen LogP contribution in [0.3, 0.4) is 0 Å². The van der Waals surface area contributed by atoms with Crippen LogP contribution in [0.2, 0.25) is 0 Å². The van der Waals surface area contributed by atoms with Gasteiger partial charge in [-0.15, -0.1) is 0 Å². The molecular weight excluding hydrogens is 176 g/mol. The van der Waals surface area contributed by atoms with Gasteiger partial charge in [0, 0.05) is 24.8 Å². The zero-order valence-corrected chi connectivity index (χ0v) is 8.20. The molecule has 0 amide bonds. The van der Waals surface area contributed by atoms with Crippen LogP contribution in [0.15, 0.2) is 24.3 Å². The molecule has 2 aliphatic rings. The van der Waals surface area contributed by atoms with Crippen LogP contribution in [0.4, 0.5) is 5.69 Å². The molecule has 74 valence electrons. The van der Waals surface area contributed by atoms with Crippen molar-refractivity contribution >= 4 is 5.69 Å². The Bertz CT molecular complexity index is 379. The zero-order valence-electron chi connectivity index (χ0n) is 8.20. The van der Waals surface area contributed by atoms with E-state index in [0.29, 0.717) is 0 Å². The van der Waals surface area contributed by atoms with Crippen molar-refractivity contribution in [2.75, 3.05) is 18.5 Å². The molecule has 3 rings (SSSR count). The molecule has 14 heavy (non-hydrogen) atoms. The van der Waals surface area contributed by atoms with Crippen LogP contribution in [0.25, 0.3) is 0 Å². The number of benzene rings is 1. The molecule has 2 atom stereocenters. The van der Waals surface area contributed by atoms with E-state index >= 15 is 0 Å². The summed E-state index contributed by atoms with van der Waals surface area (Å²) in [5.41, 5.74) is 1.54. The second-order valence-electron chi connectivity index (χ2n) is 4.16. The van der Waals surface area contributed by atoms with Gasteiger partial charge in [0.25, 0.3) is 0 Å². The molecular formula is C11H14N2O. The van der Waals surface area contributed by atoms with E-state index < -0.39 is 5.60 Å². The Kier molecular flexibility index (Phi) is 1.47. The van der Waals surface area contributed by atoms with Gasteiger partial charge in [-0.3, -0.25) is 5.32 Å². The molecule has 3 nitrogen and oxygen atoms in total. The van der Waals surface area contributed by atoms with Gasteiger partial charge in [-0.25, -0.2) is 0 Å². The van der Waals surface area contributed by atoms with Gasteiger partial charge < -0.3 is 10.0 Å². The third kappa shape index (κ3) is 0.792. The van der Waals surface area contributed by atoms with Crippen LogP contribution >= 0.6 is 0 Å². The lowest BCUT2D eigenvalue weighted by molar-refractivity contribution is 0.0352. The molecule has 3 heteroatoms. The number of rotatable bonds is 0. The van der Waals surface area contributed by atoms with Gasteiger partial charge >= 0.3 is 0 Å². The highest BCUT2D eigenvalue weighted by Gasteiger charge is 2.51. The predicted octanol–water partition coefficient (Wildman–Crippen LogP) is 0.643. The number of hydrogen-bond acceptors (Lipinski definition) is 3. The minimum Gasteiger partial charge on any atom is -0.381 e. The third-order valence-corrected chi connectivity index (χ3v) is 3.43. The number of aliphatic hydroxyl groups is 1. The van der Waals surface area contributed by atoms with Crippen LogP contribution < -0.4 is 10.2 Å². The summed E-state index contributed by atoms with van der Waals surface area (Å²) in [6.45, 7) is 0.889. The molecule has 2 aliphatic heterocycles. The molecule has 1 fully saturated rings. The first-order valence-electron chi connectivity index (χ1n) is 5.01. The summed E-state index contributed by atoms with van der Waals surface area (Å²) in [5.74, 6) is 0. The first-order valence-corrected chi connectivity index (χ1v) is 5.01. The van der Waals surface area contributed by atoms with Crippen molar-refractivity contribution < 1.29 is 5.11 Å². The Morgan fingerprint density at radius 1 is 1.50 bits per heavy atom. The van der Waals surface area contributed by atoms with Crippen molar-refractivity contribution in [2.24, 2.45) is 0 Å². The van der Waals surface area contributed by atoms with Gasteiger partial charge in [0.2, 0.25) is 0 Å². The first-order chi connectivity index (χ1) is 6.73. The van der Waals surface area contributed by atoms with Crippen LogP contribution in [0, 0.1) is 0 Å². The van der Waals surface area contributed by atoms with Gasteiger partial charge in [-0.05, 0) is 12.5 Å². The number of fused-ring (bicyclic) bond motifs is 3. The van der Waals surface area contributed by atoms with Crippen LogP contribution in [0.1, 0.15) is 12.0 Å². The summed E-state index contributed by atoms with van der Waals surface area (Å²) < 4.78 is 0. The highest BCUT2D eigenvalue weighted by atomic mass is 16.3. The molecule has 0 spiro atoms. The molecule has 0 saturated carbocycles. The van der Waals surface area contributed by atoms with Crippen molar-refractivity contribution in [3.63, 3.8) is 0 Å². The molecule has 1 aromatic carbocycles. The number of nitrogens with zero attached hydrogens (tertiary/aromatic N) is 1. The standard InChI is InChI=1S/C11H14N2O/c1-13-9-5-3-2-4-8(9)11(14)6-7-12-10(11)13/h2-5,10,12,14H,6-7H2,1H3/t10-,11-/m1/s1. The smallest absolute Gasteiger partial charge is 0.126 e. The maximum absolute atomic E-state index is 10.5. The molecule has 0 unspecified atom stereocenters. The van der Waals surface area contributed by atoms with E-state index in [-0.39, 0.29) is 6.17 Å². The normalized spacial score (nSPS) is 34.4. The monoisotopic (exact) mass is 190 g/mol. The summed E-state index contributed by atoms with van der Waals surface area (Å²) >= 11 is 0. The molecule has 1 aromatic rings.